The molecule has 6 heteroatoms. The predicted molar refractivity (Wildman–Crippen MR) is 79.6 cm³/mol. The Bertz CT molecular complexity index is 588. The van der Waals surface area contributed by atoms with E-state index in [0.717, 1.165) is 17.0 Å². The summed E-state index contributed by atoms with van der Waals surface area (Å²) in [7, 11) is 1.82. The van der Waals surface area contributed by atoms with Gasteiger partial charge in [-0.15, -0.1) is 11.3 Å². The topological polar surface area (TPSA) is 55.3 Å². The van der Waals surface area contributed by atoms with Gasteiger partial charge in [-0.2, -0.15) is 0 Å². The first-order valence-electron chi connectivity index (χ1n) is 6.90. The minimum absolute atomic E-state index is 0.108. The van der Waals surface area contributed by atoms with Crippen molar-refractivity contribution in [2.75, 3.05) is 13.7 Å². The summed E-state index contributed by atoms with van der Waals surface area (Å²) in [6.45, 7) is 1.16. The molecule has 0 unspecified atom stereocenters. The Morgan fingerprint density at radius 3 is 3.14 bits per heavy atom. The second kappa shape index (κ2) is 6.32. The maximum atomic E-state index is 12.7. The molecule has 1 fully saturated rings. The number of ether oxygens (including phenoxy) is 1. The summed E-state index contributed by atoms with van der Waals surface area (Å²) >= 11 is 1.56. The Kier molecular flexibility index (Phi) is 4.26. The predicted octanol–water partition coefficient (Wildman–Crippen LogP) is 2.27. The smallest absolute Gasteiger partial charge is 0.228 e. The summed E-state index contributed by atoms with van der Waals surface area (Å²) in [6, 6.07) is 3.84. The highest BCUT2D eigenvalue weighted by atomic mass is 32.1. The zero-order valence-electron chi connectivity index (χ0n) is 11.8. The van der Waals surface area contributed by atoms with Gasteiger partial charge in [0.05, 0.1) is 18.6 Å². The van der Waals surface area contributed by atoms with E-state index in [4.69, 9.17) is 4.74 Å². The van der Waals surface area contributed by atoms with Crippen LogP contribution in [0.2, 0.25) is 0 Å². The van der Waals surface area contributed by atoms with Crippen LogP contribution >= 0.6 is 11.3 Å². The average molecular weight is 303 g/mol. The Morgan fingerprint density at radius 2 is 2.43 bits per heavy atom. The third-order valence-corrected chi connectivity index (χ3v) is 4.42. The second-order valence-electron chi connectivity index (χ2n) is 5.09. The van der Waals surface area contributed by atoms with E-state index in [2.05, 4.69) is 9.97 Å². The third kappa shape index (κ3) is 3.11. The molecule has 2 aromatic rings. The van der Waals surface area contributed by atoms with Crippen LogP contribution in [0.3, 0.4) is 0 Å². The van der Waals surface area contributed by atoms with Crippen LogP contribution in [0.1, 0.15) is 23.1 Å². The minimum atomic E-state index is -0.190. The van der Waals surface area contributed by atoms with Crippen LogP contribution in [-0.4, -0.2) is 34.4 Å². The molecule has 3 rings (SSSR count). The van der Waals surface area contributed by atoms with Crippen LogP contribution in [0.4, 0.5) is 0 Å². The van der Waals surface area contributed by atoms with Crippen molar-refractivity contribution in [2.24, 2.45) is 5.92 Å². The van der Waals surface area contributed by atoms with Gasteiger partial charge in [0.2, 0.25) is 5.91 Å². The largest absolute Gasteiger partial charge is 0.373 e. The van der Waals surface area contributed by atoms with Crippen LogP contribution in [0, 0.1) is 5.92 Å². The Hall–Kier alpha value is -1.79. The van der Waals surface area contributed by atoms with Gasteiger partial charge in [0, 0.05) is 37.6 Å². The maximum Gasteiger partial charge on any atom is 0.228 e. The molecule has 0 aliphatic carbocycles. The molecule has 0 bridgehead atoms. The first-order chi connectivity index (χ1) is 10.3. The van der Waals surface area contributed by atoms with E-state index in [9.17, 15) is 4.79 Å². The van der Waals surface area contributed by atoms with Gasteiger partial charge in [0.25, 0.3) is 0 Å². The van der Waals surface area contributed by atoms with E-state index < -0.39 is 0 Å². The molecule has 2 atom stereocenters. The molecule has 0 N–H and O–H groups in total. The van der Waals surface area contributed by atoms with Crippen molar-refractivity contribution in [1.82, 2.24) is 14.9 Å². The zero-order valence-corrected chi connectivity index (χ0v) is 12.6. The maximum absolute atomic E-state index is 12.7. The number of thiazole rings is 1. The van der Waals surface area contributed by atoms with Crippen LogP contribution in [0.15, 0.2) is 36.1 Å². The summed E-state index contributed by atoms with van der Waals surface area (Å²) in [6.07, 6.45) is 5.82. The molecule has 5 nitrogen and oxygen atoms in total. The van der Waals surface area contributed by atoms with Gasteiger partial charge in [-0.05, 0) is 18.1 Å². The lowest BCUT2D eigenvalue weighted by Gasteiger charge is -2.23. The number of hydrogen-bond donors (Lipinski definition) is 0. The highest BCUT2D eigenvalue weighted by molar-refractivity contribution is 7.09. The van der Waals surface area contributed by atoms with Crippen LogP contribution in [-0.2, 0) is 16.1 Å². The van der Waals surface area contributed by atoms with Crippen molar-refractivity contribution >= 4 is 17.2 Å². The average Bonchev–Trinajstić information content (AvgIpc) is 3.18. The number of amides is 1. The van der Waals surface area contributed by atoms with Gasteiger partial charge in [-0.25, -0.2) is 4.98 Å². The normalized spacial score (nSPS) is 21.4. The minimum Gasteiger partial charge on any atom is -0.373 e. The molecule has 21 heavy (non-hydrogen) atoms. The van der Waals surface area contributed by atoms with Crippen molar-refractivity contribution in [3.05, 3.63) is 46.7 Å². The van der Waals surface area contributed by atoms with Crippen molar-refractivity contribution in [2.45, 2.75) is 19.1 Å². The lowest BCUT2D eigenvalue weighted by atomic mass is 9.95. The molecule has 1 aliphatic heterocycles. The van der Waals surface area contributed by atoms with Crippen molar-refractivity contribution in [3.8, 4) is 0 Å². The summed E-state index contributed by atoms with van der Waals surface area (Å²) in [5, 5.41) is 2.87. The molecule has 1 saturated heterocycles. The second-order valence-corrected chi connectivity index (χ2v) is 6.07. The summed E-state index contributed by atoms with van der Waals surface area (Å²) in [5.41, 5.74) is 0.969. The van der Waals surface area contributed by atoms with E-state index in [1.807, 2.05) is 24.6 Å². The fourth-order valence-corrected chi connectivity index (χ4v) is 3.28. The number of carbonyl (C=O) groups excluding carboxylic acids is 1. The molecule has 0 saturated carbocycles. The number of aromatic nitrogens is 2. The SMILES string of the molecule is CN(Cc1nccs1)C(=O)[C@H]1CCO[C@@H]1c1cccnc1. The molecule has 110 valence electrons. The van der Waals surface area contributed by atoms with Gasteiger partial charge in [0.1, 0.15) is 5.01 Å². The van der Waals surface area contributed by atoms with Crippen LogP contribution in [0.5, 0.6) is 0 Å². The van der Waals surface area contributed by atoms with Crippen molar-refractivity contribution in [1.29, 1.82) is 0 Å². The number of hydrogen-bond acceptors (Lipinski definition) is 5. The summed E-state index contributed by atoms with van der Waals surface area (Å²) in [4.78, 5) is 22.7. The number of rotatable bonds is 4. The molecule has 0 spiro atoms. The lowest BCUT2D eigenvalue weighted by Crippen LogP contribution is -2.33. The molecule has 0 aromatic carbocycles. The van der Waals surface area contributed by atoms with Gasteiger partial charge in [-0.3, -0.25) is 9.78 Å². The molecular formula is C15H17N3O2S. The first kappa shape index (κ1) is 14.2. The number of pyridine rings is 1. The van der Waals surface area contributed by atoms with Crippen molar-refractivity contribution < 1.29 is 9.53 Å². The Labute approximate surface area is 127 Å². The molecule has 3 heterocycles. The summed E-state index contributed by atoms with van der Waals surface area (Å²) in [5.74, 6) is -0.0317. The highest BCUT2D eigenvalue weighted by Crippen LogP contribution is 2.35. The lowest BCUT2D eigenvalue weighted by molar-refractivity contribution is -0.136. The fourth-order valence-electron chi connectivity index (χ4n) is 2.61. The van der Waals surface area contributed by atoms with Gasteiger partial charge in [-0.1, -0.05) is 6.07 Å². The van der Waals surface area contributed by atoms with E-state index >= 15 is 0 Å². The van der Waals surface area contributed by atoms with Crippen LogP contribution in [0.25, 0.3) is 0 Å². The standard InChI is InChI=1S/C15H17N3O2S/c1-18(10-13-17-6-8-21-13)15(19)12-4-7-20-14(12)11-3-2-5-16-9-11/h2-3,5-6,8-9,12,14H,4,7,10H2,1H3/t12-,14+/m0/s1. The number of nitrogens with zero attached hydrogens (tertiary/aromatic N) is 3. The molecule has 0 radical (unpaired) electrons. The van der Waals surface area contributed by atoms with Gasteiger partial charge < -0.3 is 9.64 Å². The van der Waals surface area contributed by atoms with E-state index in [1.165, 1.54) is 0 Å². The Balaban J connectivity index is 1.71. The fraction of sp³-hybridized carbons (Fsp3) is 0.400. The summed E-state index contributed by atoms with van der Waals surface area (Å²) < 4.78 is 5.76. The van der Waals surface area contributed by atoms with Gasteiger partial charge in [0.15, 0.2) is 0 Å². The number of carbonyl (C=O) groups is 1. The monoisotopic (exact) mass is 303 g/mol. The Morgan fingerprint density at radius 1 is 1.52 bits per heavy atom. The van der Waals surface area contributed by atoms with E-state index in [-0.39, 0.29) is 17.9 Å². The molecule has 2 aromatic heterocycles. The quantitative estimate of drug-likeness (QED) is 0.869. The molecule has 1 aliphatic rings. The molecular weight excluding hydrogens is 286 g/mol. The van der Waals surface area contributed by atoms with E-state index in [1.54, 1.807) is 34.8 Å². The first-order valence-corrected chi connectivity index (χ1v) is 7.78. The van der Waals surface area contributed by atoms with Crippen molar-refractivity contribution in [3.63, 3.8) is 0 Å². The van der Waals surface area contributed by atoms with E-state index in [0.29, 0.717) is 13.2 Å². The van der Waals surface area contributed by atoms with Gasteiger partial charge >= 0.3 is 0 Å². The molecule has 1 amide bonds. The highest BCUT2D eigenvalue weighted by Gasteiger charge is 2.36. The zero-order chi connectivity index (χ0) is 14.7. The third-order valence-electron chi connectivity index (χ3n) is 3.65. The van der Waals surface area contributed by atoms with Crippen LogP contribution < -0.4 is 0 Å².